The summed E-state index contributed by atoms with van der Waals surface area (Å²) in [7, 11) is 0. The van der Waals surface area contributed by atoms with Gasteiger partial charge in [0, 0.05) is 37.2 Å². The fraction of sp³-hybridized carbons (Fsp3) is 0.333. The van der Waals surface area contributed by atoms with Crippen molar-refractivity contribution in [2.75, 3.05) is 19.7 Å². The van der Waals surface area contributed by atoms with Gasteiger partial charge in [0.1, 0.15) is 23.0 Å². The summed E-state index contributed by atoms with van der Waals surface area (Å²) >= 11 is 5.95. The maximum absolute atomic E-state index is 12.7. The molecule has 10 nitrogen and oxygen atoms in total. The molecule has 0 aliphatic heterocycles. The van der Waals surface area contributed by atoms with E-state index in [4.69, 9.17) is 21.1 Å². The van der Waals surface area contributed by atoms with E-state index >= 15 is 0 Å². The van der Waals surface area contributed by atoms with Crippen LogP contribution in [0, 0.1) is 17.0 Å². The smallest absolute Gasteiger partial charge is 0.435 e. The Hall–Kier alpha value is -3.99. The molecule has 0 unspecified atom stereocenters. The highest BCUT2D eigenvalue weighted by Crippen LogP contribution is 2.29. The van der Waals surface area contributed by atoms with Crippen molar-refractivity contribution < 1.29 is 24.3 Å². The number of carbonyl (C=O) groups excluding carboxylic acids is 1. The number of carbonyl (C=O) groups is 1. The standard InChI is InChI=1S/C30H33ClN4O6/c1-20-24-12-11-23(17-26(24)34(32-20)29(37)41-30(2,3)4)40-15-14-33(18-21-8-6-5-7-9-21)19-28(36)22-10-13-25(31)27(16-22)35(38)39/h5-13,16-17,28,36H,14-15,18-19H2,1-4H3/t28-/m0/s1. The largest absolute Gasteiger partial charge is 0.492 e. The lowest BCUT2D eigenvalue weighted by molar-refractivity contribution is -0.384. The highest BCUT2D eigenvalue weighted by Gasteiger charge is 2.22. The third kappa shape index (κ3) is 7.81. The molecule has 4 aromatic rings. The molecule has 3 aromatic carbocycles. The predicted octanol–water partition coefficient (Wildman–Crippen LogP) is 6.30. The van der Waals surface area contributed by atoms with E-state index in [2.05, 4.69) is 5.10 Å². The molecule has 0 amide bonds. The van der Waals surface area contributed by atoms with Gasteiger partial charge in [0.25, 0.3) is 5.69 Å². The topological polar surface area (TPSA) is 120 Å². The summed E-state index contributed by atoms with van der Waals surface area (Å²) in [5, 5.41) is 27.5. The van der Waals surface area contributed by atoms with Gasteiger partial charge in [0.2, 0.25) is 0 Å². The van der Waals surface area contributed by atoms with Crippen LogP contribution in [-0.2, 0) is 11.3 Å². The van der Waals surface area contributed by atoms with Crippen LogP contribution in [0.15, 0.2) is 66.7 Å². The number of nitro groups is 1. The maximum atomic E-state index is 12.7. The van der Waals surface area contributed by atoms with Crippen LogP contribution in [0.2, 0.25) is 5.02 Å². The van der Waals surface area contributed by atoms with Crippen molar-refractivity contribution >= 4 is 34.3 Å². The van der Waals surface area contributed by atoms with E-state index in [1.807, 2.05) is 54.3 Å². The van der Waals surface area contributed by atoms with Crippen LogP contribution < -0.4 is 4.74 Å². The molecule has 11 heteroatoms. The predicted molar refractivity (Wildman–Crippen MR) is 156 cm³/mol. The average molecular weight is 581 g/mol. The van der Waals surface area contributed by atoms with Crippen molar-refractivity contribution in [1.82, 2.24) is 14.7 Å². The van der Waals surface area contributed by atoms with E-state index < -0.39 is 22.7 Å². The van der Waals surface area contributed by atoms with Crippen LogP contribution in [0.3, 0.4) is 0 Å². The van der Waals surface area contributed by atoms with E-state index in [1.54, 1.807) is 32.9 Å². The highest BCUT2D eigenvalue weighted by molar-refractivity contribution is 6.32. The van der Waals surface area contributed by atoms with Gasteiger partial charge in [-0.2, -0.15) is 9.78 Å². The molecule has 0 saturated carbocycles. The zero-order chi connectivity index (χ0) is 29.7. The first-order chi connectivity index (χ1) is 19.4. The molecule has 0 bridgehead atoms. The molecule has 0 aliphatic carbocycles. The molecule has 0 radical (unpaired) electrons. The second-order valence-electron chi connectivity index (χ2n) is 10.7. The first kappa shape index (κ1) is 30.0. The molecule has 0 aliphatic rings. The van der Waals surface area contributed by atoms with Gasteiger partial charge in [0.15, 0.2) is 0 Å². The maximum Gasteiger partial charge on any atom is 0.435 e. The number of rotatable bonds is 10. The molecular weight excluding hydrogens is 548 g/mol. The van der Waals surface area contributed by atoms with Crippen LogP contribution in [0.1, 0.15) is 43.7 Å². The lowest BCUT2D eigenvalue weighted by atomic mass is 10.1. The van der Waals surface area contributed by atoms with E-state index in [1.165, 1.54) is 16.8 Å². The van der Waals surface area contributed by atoms with Crippen LogP contribution in [0.5, 0.6) is 5.75 Å². The average Bonchev–Trinajstić information content (AvgIpc) is 3.24. The van der Waals surface area contributed by atoms with Gasteiger partial charge in [-0.1, -0.05) is 48.0 Å². The number of ether oxygens (including phenoxy) is 2. The monoisotopic (exact) mass is 580 g/mol. The number of fused-ring (bicyclic) bond motifs is 1. The Balaban J connectivity index is 1.49. The summed E-state index contributed by atoms with van der Waals surface area (Å²) < 4.78 is 12.8. The number of aromatic nitrogens is 2. The van der Waals surface area contributed by atoms with E-state index in [-0.39, 0.29) is 23.9 Å². The third-order valence-corrected chi connectivity index (χ3v) is 6.63. The number of nitrogens with zero attached hydrogens (tertiary/aromatic N) is 4. The van der Waals surface area contributed by atoms with Crippen molar-refractivity contribution in [3.63, 3.8) is 0 Å². The summed E-state index contributed by atoms with van der Waals surface area (Å²) in [6.45, 7) is 8.68. The molecule has 216 valence electrons. The Morgan fingerprint density at radius 1 is 1.15 bits per heavy atom. The Labute approximate surface area is 243 Å². The lowest BCUT2D eigenvalue weighted by Crippen LogP contribution is -2.32. The molecule has 1 heterocycles. The number of halogens is 1. The lowest BCUT2D eigenvalue weighted by Gasteiger charge is -2.25. The van der Waals surface area contributed by atoms with Gasteiger partial charge in [-0.05, 0) is 57.0 Å². The third-order valence-electron chi connectivity index (χ3n) is 6.31. The summed E-state index contributed by atoms with van der Waals surface area (Å²) in [5.74, 6) is 0.552. The number of nitro benzene ring substituents is 1. The van der Waals surface area contributed by atoms with Gasteiger partial charge in [-0.25, -0.2) is 4.79 Å². The van der Waals surface area contributed by atoms with E-state index in [9.17, 15) is 20.0 Å². The number of aliphatic hydroxyl groups excluding tert-OH is 1. The van der Waals surface area contributed by atoms with Crippen molar-refractivity contribution in [3.8, 4) is 5.75 Å². The molecular formula is C30H33ClN4O6. The van der Waals surface area contributed by atoms with Gasteiger partial charge in [-0.15, -0.1) is 0 Å². The minimum absolute atomic E-state index is 0.0145. The van der Waals surface area contributed by atoms with Crippen LogP contribution >= 0.6 is 11.6 Å². The van der Waals surface area contributed by atoms with Crippen LogP contribution in [0.25, 0.3) is 10.9 Å². The molecule has 0 spiro atoms. The summed E-state index contributed by atoms with van der Waals surface area (Å²) in [5.41, 5.74) is 1.80. The summed E-state index contributed by atoms with van der Waals surface area (Å²) in [4.78, 5) is 25.5. The van der Waals surface area contributed by atoms with Gasteiger partial charge in [-0.3, -0.25) is 15.0 Å². The van der Waals surface area contributed by atoms with Crippen molar-refractivity contribution in [1.29, 1.82) is 0 Å². The fourth-order valence-corrected chi connectivity index (χ4v) is 4.57. The SMILES string of the molecule is Cc1nn(C(=O)OC(C)(C)C)c2cc(OCCN(Cc3ccccc3)C[C@H](O)c3ccc(Cl)c([N+](=O)[O-])c3)ccc12. The quantitative estimate of drug-likeness (QED) is 0.171. The number of aliphatic hydroxyl groups is 1. The Morgan fingerprint density at radius 3 is 2.56 bits per heavy atom. The number of hydrogen-bond donors (Lipinski definition) is 1. The fourth-order valence-electron chi connectivity index (χ4n) is 4.38. The van der Waals surface area contributed by atoms with E-state index in [0.717, 1.165) is 10.9 Å². The van der Waals surface area contributed by atoms with Crippen molar-refractivity contribution in [2.45, 2.75) is 45.9 Å². The minimum atomic E-state index is -0.989. The zero-order valence-electron chi connectivity index (χ0n) is 23.4. The van der Waals surface area contributed by atoms with Gasteiger partial charge < -0.3 is 14.6 Å². The Morgan fingerprint density at radius 2 is 1.88 bits per heavy atom. The molecule has 0 saturated heterocycles. The van der Waals surface area contributed by atoms with Crippen LogP contribution in [-0.4, -0.2) is 56.1 Å². The molecule has 1 aromatic heterocycles. The highest BCUT2D eigenvalue weighted by atomic mass is 35.5. The first-order valence-corrected chi connectivity index (χ1v) is 13.5. The van der Waals surface area contributed by atoms with Crippen LogP contribution in [0.4, 0.5) is 10.5 Å². The van der Waals surface area contributed by atoms with Crippen molar-refractivity contribution in [3.05, 3.63) is 98.7 Å². The normalized spacial score (nSPS) is 12.5. The Kier molecular flexibility index (Phi) is 9.27. The Bertz CT molecular complexity index is 1530. The summed E-state index contributed by atoms with van der Waals surface area (Å²) in [6.07, 6.45) is -1.56. The number of hydrogen-bond acceptors (Lipinski definition) is 8. The number of benzene rings is 3. The first-order valence-electron chi connectivity index (χ1n) is 13.1. The van der Waals surface area contributed by atoms with Crippen molar-refractivity contribution in [2.24, 2.45) is 0 Å². The zero-order valence-corrected chi connectivity index (χ0v) is 24.2. The molecule has 0 fully saturated rings. The van der Waals surface area contributed by atoms with E-state index in [0.29, 0.717) is 35.6 Å². The molecule has 1 atom stereocenters. The molecule has 1 N–H and O–H groups in total. The second kappa shape index (κ2) is 12.7. The molecule has 4 rings (SSSR count). The second-order valence-corrected chi connectivity index (χ2v) is 11.1. The molecule has 41 heavy (non-hydrogen) atoms. The summed E-state index contributed by atoms with van der Waals surface area (Å²) in [6, 6.07) is 19.5. The van der Waals surface area contributed by atoms with Gasteiger partial charge in [0.05, 0.1) is 22.2 Å². The minimum Gasteiger partial charge on any atom is -0.492 e. The number of aryl methyl sites for hydroxylation is 1. The van der Waals surface area contributed by atoms with Gasteiger partial charge >= 0.3 is 6.09 Å².